The van der Waals surface area contributed by atoms with Gasteiger partial charge in [0.2, 0.25) is 0 Å². The van der Waals surface area contributed by atoms with Crippen molar-refractivity contribution in [2.75, 3.05) is 18.9 Å². The van der Waals surface area contributed by atoms with Crippen molar-refractivity contribution < 1.29 is 4.74 Å². The van der Waals surface area contributed by atoms with E-state index in [1.165, 1.54) is 0 Å². The Morgan fingerprint density at radius 2 is 2.50 bits per heavy atom. The molecule has 0 amide bonds. The van der Waals surface area contributed by atoms with Crippen LogP contribution in [0.3, 0.4) is 0 Å². The summed E-state index contributed by atoms with van der Waals surface area (Å²) in [5, 5.41) is 0. The van der Waals surface area contributed by atoms with Crippen LogP contribution in [0.5, 0.6) is 0 Å². The number of nitrogens with zero attached hydrogens (tertiary/aromatic N) is 1. The van der Waals surface area contributed by atoms with Gasteiger partial charge in [0, 0.05) is 6.20 Å². The number of anilines is 1. The zero-order valence-electron chi connectivity index (χ0n) is 5.50. The topological polar surface area (TPSA) is 63.9 Å². The second kappa shape index (κ2) is 1.98. The molecule has 4 heteroatoms. The fourth-order valence-electron chi connectivity index (χ4n) is 0.954. The van der Waals surface area contributed by atoms with E-state index < -0.39 is 0 Å². The maximum Gasteiger partial charge on any atom is 0.141 e. The first-order valence-electron chi connectivity index (χ1n) is 3.25. The Kier molecular flexibility index (Phi) is 1.14. The summed E-state index contributed by atoms with van der Waals surface area (Å²) in [5.41, 5.74) is 5.41. The lowest BCUT2D eigenvalue weighted by molar-refractivity contribution is 0.00522. The molecule has 0 unspecified atom stereocenters. The summed E-state index contributed by atoms with van der Waals surface area (Å²) in [6.45, 7) is 1.54. The number of H-pyrrole nitrogens is 1. The van der Waals surface area contributed by atoms with Gasteiger partial charge in [-0.1, -0.05) is 0 Å². The van der Waals surface area contributed by atoms with Crippen molar-refractivity contribution in [3.63, 3.8) is 0 Å². The van der Waals surface area contributed by atoms with Gasteiger partial charge in [0.25, 0.3) is 0 Å². The molecular weight excluding hydrogens is 130 g/mol. The van der Waals surface area contributed by atoms with Gasteiger partial charge >= 0.3 is 0 Å². The van der Waals surface area contributed by atoms with E-state index >= 15 is 0 Å². The van der Waals surface area contributed by atoms with Crippen molar-refractivity contribution >= 4 is 5.82 Å². The summed E-state index contributed by atoms with van der Waals surface area (Å²) in [6.07, 6.45) is 1.70. The summed E-state index contributed by atoms with van der Waals surface area (Å²) in [6, 6.07) is 0. The van der Waals surface area contributed by atoms with Gasteiger partial charge in [0.05, 0.1) is 19.1 Å². The van der Waals surface area contributed by atoms with Crippen LogP contribution in [0.2, 0.25) is 0 Å². The first-order chi connectivity index (χ1) is 4.86. The molecule has 2 heterocycles. The smallest absolute Gasteiger partial charge is 0.141 e. The molecule has 2 rings (SSSR count). The molecule has 1 fully saturated rings. The van der Waals surface area contributed by atoms with Crippen LogP contribution >= 0.6 is 0 Å². The second-order valence-corrected chi connectivity index (χ2v) is 2.44. The molecule has 0 radical (unpaired) electrons. The Morgan fingerprint density at radius 1 is 1.70 bits per heavy atom. The monoisotopic (exact) mass is 139 g/mol. The number of nitrogen functional groups attached to an aromatic ring is 1. The van der Waals surface area contributed by atoms with Gasteiger partial charge in [-0.15, -0.1) is 0 Å². The Morgan fingerprint density at radius 3 is 2.90 bits per heavy atom. The molecule has 0 aliphatic carbocycles. The molecule has 4 nitrogen and oxygen atoms in total. The van der Waals surface area contributed by atoms with Crippen LogP contribution in [0, 0.1) is 0 Å². The number of hydrogen-bond acceptors (Lipinski definition) is 3. The van der Waals surface area contributed by atoms with Crippen LogP contribution in [0.25, 0.3) is 0 Å². The summed E-state index contributed by atoms with van der Waals surface area (Å²) in [4.78, 5) is 7.07. The molecule has 3 N–H and O–H groups in total. The Labute approximate surface area is 58.4 Å². The number of rotatable bonds is 1. The van der Waals surface area contributed by atoms with E-state index in [9.17, 15) is 0 Å². The third-order valence-electron chi connectivity index (χ3n) is 1.64. The van der Waals surface area contributed by atoms with Gasteiger partial charge in [-0.25, -0.2) is 4.98 Å². The van der Waals surface area contributed by atoms with E-state index in [0.29, 0.717) is 11.7 Å². The average Bonchev–Trinajstić information content (AvgIpc) is 2.10. The van der Waals surface area contributed by atoms with E-state index in [1.54, 1.807) is 6.20 Å². The minimum absolute atomic E-state index is 0.442. The van der Waals surface area contributed by atoms with Crippen LogP contribution in [0.1, 0.15) is 11.7 Å². The molecule has 0 aromatic carbocycles. The average molecular weight is 139 g/mol. The minimum Gasteiger partial charge on any atom is -0.382 e. The zero-order valence-corrected chi connectivity index (χ0v) is 5.50. The molecule has 0 bridgehead atoms. The van der Waals surface area contributed by atoms with Crippen LogP contribution < -0.4 is 5.73 Å². The zero-order chi connectivity index (χ0) is 6.97. The molecule has 1 aliphatic heterocycles. The lowest BCUT2D eigenvalue weighted by atomic mass is 10.1. The number of imidazole rings is 1. The fraction of sp³-hybridized carbons (Fsp3) is 0.500. The van der Waals surface area contributed by atoms with E-state index in [2.05, 4.69) is 9.97 Å². The lowest BCUT2D eigenvalue weighted by Crippen LogP contribution is -2.26. The normalized spacial score (nSPS) is 18.8. The van der Waals surface area contributed by atoms with Gasteiger partial charge in [-0.3, -0.25) is 0 Å². The van der Waals surface area contributed by atoms with Crippen LogP contribution in [0.4, 0.5) is 5.82 Å². The number of ether oxygens (including phenoxy) is 1. The molecule has 1 aromatic rings. The highest BCUT2D eigenvalue weighted by molar-refractivity contribution is 5.25. The Balaban J connectivity index is 2.17. The number of nitrogens with two attached hydrogens (primary N) is 1. The Hall–Kier alpha value is -1.03. The van der Waals surface area contributed by atoms with E-state index in [-0.39, 0.29) is 0 Å². The molecule has 10 heavy (non-hydrogen) atoms. The SMILES string of the molecule is Nc1c[nH]c(C2COC2)n1. The quantitative estimate of drug-likeness (QED) is 0.580. The van der Waals surface area contributed by atoms with Crippen molar-refractivity contribution in [2.24, 2.45) is 0 Å². The molecule has 1 saturated heterocycles. The minimum atomic E-state index is 0.442. The summed E-state index contributed by atoms with van der Waals surface area (Å²) >= 11 is 0. The number of nitrogens with one attached hydrogen (secondary N) is 1. The summed E-state index contributed by atoms with van der Waals surface area (Å²) in [7, 11) is 0. The first kappa shape index (κ1) is 5.73. The van der Waals surface area contributed by atoms with Crippen LogP contribution in [0.15, 0.2) is 6.20 Å². The first-order valence-corrected chi connectivity index (χ1v) is 3.25. The summed E-state index contributed by atoms with van der Waals surface area (Å²) in [5.74, 6) is 1.95. The molecule has 0 atom stereocenters. The van der Waals surface area contributed by atoms with E-state index in [4.69, 9.17) is 10.5 Å². The predicted molar refractivity (Wildman–Crippen MR) is 36.6 cm³/mol. The third kappa shape index (κ3) is 0.769. The van der Waals surface area contributed by atoms with Crippen LogP contribution in [-0.2, 0) is 4.74 Å². The number of aromatic amines is 1. The van der Waals surface area contributed by atoms with Gasteiger partial charge < -0.3 is 15.5 Å². The second-order valence-electron chi connectivity index (χ2n) is 2.44. The molecule has 1 aliphatic rings. The van der Waals surface area contributed by atoms with Gasteiger partial charge in [-0.05, 0) is 0 Å². The maximum absolute atomic E-state index is 5.41. The third-order valence-corrected chi connectivity index (χ3v) is 1.64. The van der Waals surface area contributed by atoms with Gasteiger partial charge in [-0.2, -0.15) is 0 Å². The molecular formula is C6H9N3O. The van der Waals surface area contributed by atoms with Crippen molar-refractivity contribution in [2.45, 2.75) is 5.92 Å². The van der Waals surface area contributed by atoms with Gasteiger partial charge in [0.1, 0.15) is 11.6 Å². The number of aromatic nitrogens is 2. The highest BCUT2D eigenvalue weighted by Gasteiger charge is 2.22. The molecule has 0 saturated carbocycles. The standard InChI is InChI=1S/C6H9N3O/c7-5-1-8-6(9-5)4-2-10-3-4/h1,4H,2-3,7H2,(H,8,9). The summed E-state index contributed by atoms with van der Waals surface area (Å²) < 4.78 is 5.00. The molecule has 0 spiro atoms. The van der Waals surface area contributed by atoms with Gasteiger partial charge in [0.15, 0.2) is 0 Å². The number of hydrogen-bond donors (Lipinski definition) is 2. The maximum atomic E-state index is 5.41. The van der Waals surface area contributed by atoms with Crippen molar-refractivity contribution in [3.05, 3.63) is 12.0 Å². The Bertz CT molecular complexity index is 229. The van der Waals surface area contributed by atoms with E-state index in [1.807, 2.05) is 0 Å². The molecule has 1 aromatic heterocycles. The van der Waals surface area contributed by atoms with Crippen molar-refractivity contribution in [1.82, 2.24) is 9.97 Å². The molecule has 54 valence electrons. The lowest BCUT2D eigenvalue weighted by Gasteiger charge is -2.23. The largest absolute Gasteiger partial charge is 0.382 e. The predicted octanol–water partition coefficient (Wildman–Crippen LogP) is 0.106. The van der Waals surface area contributed by atoms with Crippen molar-refractivity contribution in [1.29, 1.82) is 0 Å². The van der Waals surface area contributed by atoms with Crippen molar-refractivity contribution in [3.8, 4) is 0 Å². The highest BCUT2D eigenvalue weighted by atomic mass is 16.5. The fourth-order valence-corrected chi connectivity index (χ4v) is 0.954. The highest BCUT2D eigenvalue weighted by Crippen LogP contribution is 2.20. The van der Waals surface area contributed by atoms with E-state index in [0.717, 1.165) is 19.0 Å². The van der Waals surface area contributed by atoms with Crippen LogP contribution in [-0.4, -0.2) is 23.2 Å².